The van der Waals surface area contributed by atoms with E-state index in [-0.39, 0.29) is 12.1 Å². The lowest BCUT2D eigenvalue weighted by Crippen LogP contribution is -2.33. The van der Waals surface area contributed by atoms with E-state index in [4.69, 9.17) is 4.74 Å². The largest absolute Gasteiger partial charge is 0.494 e. The van der Waals surface area contributed by atoms with E-state index < -0.39 is 0 Å². The molecule has 0 aliphatic carbocycles. The van der Waals surface area contributed by atoms with Gasteiger partial charge in [0.25, 0.3) is 0 Å². The zero-order chi connectivity index (χ0) is 21.2. The number of benzene rings is 1. The maximum atomic E-state index is 12.5. The fraction of sp³-hybridized carbons (Fsp3) is 0.130. The van der Waals surface area contributed by atoms with Crippen LogP contribution in [0.2, 0.25) is 0 Å². The number of nitrogens with one attached hydrogen (secondary N) is 2. The van der Waals surface area contributed by atoms with Gasteiger partial charge >= 0.3 is 6.03 Å². The van der Waals surface area contributed by atoms with Crippen molar-refractivity contribution in [1.29, 1.82) is 0 Å². The van der Waals surface area contributed by atoms with Crippen LogP contribution in [0.4, 0.5) is 10.5 Å². The molecule has 8 nitrogen and oxygen atoms in total. The number of amides is 2. The lowest BCUT2D eigenvalue weighted by Gasteiger charge is -2.16. The van der Waals surface area contributed by atoms with Crippen molar-refractivity contribution in [1.82, 2.24) is 24.8 Å². The Morgan fingerprint density at radius 3 is 2.81 bits per heavy atom. The van der Waals surface area contributed by atoms with Crippen LogP contribution in [0.5, 0.6) is 5.75 Å². The summed E-state index contributed by atoms with van der Waals surface area (Å²) in [5.74, 6) is 0.643. The number of aromatic nitrogens is 4. The predicted octanol–water partition coefficient (Wildman–Crippen LogP) is 3.74. The average Bonchev–Trinajstić information content (AvgIpc) is 3.40. The number of pyridine rings is 2. The zero-order valence-corrected chi connectivity index (χ0v) is 16.8. The molecule has 3 aromatic heterocycles. The quantitative estimate of drug-likeness (QED) is 0.521. The van der Waals surface area contributed by atoms with Gasteiger partial charge in [0.05, 0.1) is 55.1 Å². The van der Waals surface area contributed by atoms with E-state index in [1.807, 2.05) is 30.5 Å². The van der Waals surface area contributed by atoms with Crippen LogP contribution in [-0.4, -0.2) is 39.2 Å². The van der Waals surface area contributed by atoms with Crippen LogP contribution < -0.4 is 15.4 Å². The Labute approximate surface area is 179 Å². The minimum absolute atomic E-state index is 0.0131. The van der Waals surface area contributed by atoms with E-state index in [1.54, 1.807) is 38.1 Å². The maximum absolute atomic E-state index is 12.5. The molecule has 0 spiro atoms. The Bertz CT molecular complexity index is 1230. The third-order valence-corrected chi connectivity index (χ3v) is 5.36. The van der Waals surface area contributed by atoms with Gasteiger partial charge in [0.2, 0.25) is 0 Å². The first-order chi connectivity index (χ1) is 15.2. The van der Waals surface area contributed by atoms with Gasteiger partial charge in [-0.15, -0.1) is 0 Å². The number of nitrogens with zero attached hydrogens (tertiary/aromatic N) is 4. The summed E-state index contributed by atoms with van der Waals surface area (Å²) in [5, 5.41) is 5.79. The molecular weight excluding hydrogens is 392 g/mol. The minimum Gasteiger partial charge on any atom is -0.494 e. The first kappa shape index (κ1) is 18.8. The smallest absolute Gasteiger partial charge is 0.319 e. The molecule has 31 heavy (non-hydrogen) atoms. The number of hydrogen-bond donors (Lipinski definition) is 2. The maximum Gasteiger partial charge on any atom is 0.319 e. The standard InChI is InChI=1S/C23H20N6O2/c1-31-22-13-24-9-8-18(22)19-7-6-15(10-26-19)28-23(30)27-12-21-17-5-3-2-4-16(17)20-11-25-14-29(20)21/h2-11,13-14,21H,12H2,1H3,(H2,27,28,30). The molecule has 1 aliphatic heterocycles. The summed E-state index contributed by atoms with van der Waals surface area (Å²) in [6, 6.07) is 13.4. The van der Waals surface area contributed by atoms with Crippen LogP contribution in [-0.2, 0) is 0 Å². The van der Waals surface area contributed by atoms with Gasteiger partial charge in [-0.25, -0.2) is 9.78 Å². The first-order valence-electron chi connectivity index (χ1n) is 9.85. The average molecular weight is 412 g/mol. The minimum atomic E-state index is -0.290. The monoisotopic (exact) mass is 412 g/mol. The third-order valence-electron chi connectivity index (χ3n) is 5.36. The Kier molecular flexibility index (Phi) is 4.80. The van der Waals surface area contributed by atoms with Gasteiger partial charge in [-0.3, -0.25) is 9.97 Å². The summed E-state index contributed by atoms with van der Waals surface area (Å²) in [6.07, 6.45) is 8.60. The number of urea groups is 1. The van der Waals surface area contributed by atoms with Crippen molar-refractivity contribution in [3.8, 4) is 28.3 Å². The Morgan fingerprint density at radius 1 is 1.06 bits per heavy atom. The number of imidazole rings is 1. The first-order valence-corrected chi connectivity index (χ1v) is 9.85. The topological polar surface area (TPSA) is 94.0 Å². The summed E-state index contributed by atoms with van der Waals surface area (Å²) in [7, 11) is 1.59. The van der Waals surface area contributed by atoms with E-state index in [2.05, 4.69) is 42.3 Å². The van der Waals surface area contributed by atoms with Gasteiger partial charge < -0.3 is 19.9 Å². The Morgan fingerprint density at radius 2 is 1.97 bits per heavy atom. The summed E-state index contributed by atoms with van der Waals surface area (Å²) in [4.78, 5) is 25.2. The van der Waals surface area contributed by atoms with Crippen molar-refractivity contribution in [3.05, 3.63) is 79.1 Å². The summed E-state index contributed by atoms with van der Waals surface area (Å²) in [5.41, 5.74) is 5.57. The van der Waals surface area contributed by atoms with E-state index in [9.17, 15) is 4.79 Å². The predicted molar refractivity (Wildman–Crippen MR) is 117 cm³/mol. The normalized spacial score (nSPS) is 13.9. The summed E-state index contributed by atoms with van der Waals surface area (Å²) < 4.78 is 7.42. The molecule has 4 heterocycles. The van der Waals surface area contributed by atoms with Crippen LogP contribution in [0, 0.1) is 0 Å². The number of rotatable bonds is 5. The van der Waals surface area contributed by atoms with Crippen molar-refractivity contribution >= 4 is 11.7 Å². The molecule has 1 aromatic carbocycles. The second-order valence-corrected chi connectivity index (χ2v) is 7.13. The van der Waals surface area contributed by atoms with Gasteiger partial charge in [0, 0.05) is 23.9 Å². The SMILES string of the molecule is COc1cnccc1-c1ccc(NC(=O)NCC2c3ccccc3-c3cncn32)cn1. The third kappa shape index (κ3) is 3.48. The molecule has 0 radical (unpaired) electrons. The molecule has 5 rings (SSSR count). The van der Waals surface area contributed by atoms with Crippen molar-refractivity contribution in [3.63, 3.8) is 0 Å². The Hall–Kier alpha value is -4.20. The molecule has 1 atom stereocenters. The molecule has 1 unspecified atom stereocenters. The second kappa shape index (κ2) is 7.91. The van der Waals surface area contributed by atoms with Gasteiger partial charge in [-0.05, 0) is 23.8 Å². The molecule has 0 bridgehead atoms. The molecule has 0 saturated heterocycles. The number of fused-ring (bicyclic) bond motifs is 3. The van der Waals surface area contributed by atoms with Crippen molar-refractivity contribution in [2.24, 2.45) is 0 Å². The van der Waals surface area contributed by atoms with Gasteiger partial charge in [0.15, 0.2) is 0 Å². The van der Waals surface area contributed by atoms with E-state index >= 15 is 0 Å². The highest BCUT2D eigenvalue weighted by molar-refractivity contribution is 5.89. The fourth-order valence-corrected chi connectivity index (χ4v) is 3.89. The van der Waals surface area contributed by atoms with Crippen LogP contribution in [0.3, 0.4) is 0 Å². The van der Waals surface area contributed by atoms with Gasteiger partial charge in [-0.1, -0.05) is 24.3 Å². The molecule has 2 N–H and O–H groups in total. The van der Waals surface area contributed by atoms with Crippen LogP contribution in [0.1, 0.15) is 11.6 Å². The van der Waals surface area contributed by atoms with Gasteiger partial charge in [-0.2, -0.15) is 0 Å². The van der Waals surface area contributed by atoms with E-state index in [0.29, 0.717) is 18.0 Å². The van der Waals surface area contributed by atoms with Crippen molar-refractivity contribution in [2.45, 2.75) is 6.04 Å². The Balaban J connectivity index is 1.25. The lowest BCUT2D eigenvalue weighted by molar-refractivity contribution is 0.251. The molecular formula is C23H20N6O2. The highest BCUT2D eigenvalue weighted by atomic mass is 16.5. The number of carbonyl (C=O) groups is 1. The zero-order valence-electron chi connectivity index (χ0n) is 16.8. The number of anilines is 1. The number of carbonyl (C=O) groups excluding carboxylic acids is 1. The van der Waals surface area contributed by atoms with E-state index in [0.717, 1.165) is 22.5 Å². The van der Waals surface area contributed by atoms with Crippen LogP contribution in [0.15, 0.2) is 73.6 Å². The number of methoxy groups -OCH3 is 1. The molecule has 0 fully saturated rings. The molecule has 0 saturated carbocycles. The lowest BCUT2D eigenvalue weighted by atomic mass is 10.0. The molecule has 4 aromatic rings. The fourth-order valence-electron chi connectivity index (χ4n) is 3.89. The highest BCUT2D eigenvalue weighted by Gasteiger charge is 2.28. The molecule has 154 valence electrons. The van der Waals surface area contributed by atoms with Gasteiger partial charge in [0.1, 0.15) is 5.75 Å². The second-order valence-electron chi connectivity index (χ2n) is 7.13. The summed E-state index contributed by atoms with van der Waals surface area (Å²) in [6.45, 7) is 0.450. The van der Waals surface area contributed by atoms with Crippen molar-refractivity contribution in [2.75, 3.05) is 19.0 Å². The van der Waals surface area contributed by atoms with Crippen LogP contribution >= 0.6 is 0 Å². The van der Waals surface area contributed by atoms with Crippen LogP contribution in [0.25, 0.3) is 22.5 Å². The number of ether oxygens (including phenoxy) is 1. The molecule has 2 amide bonds. The number of hydrogen-bond acceptors (Lipinski definition) is 5. The molecule has 8 heteroatoms. The molecule has 1 aliphatic rings. The van der Waals surface area contributed by atoms with E-state index in [1.165, 1.54) is 5.56 Å². The summed E-state index contributed by atoms with van der Waals surface area (Å²) >= 11 is 0. The van der Waals surface area contributed by atoms with Crippen molar-refractivity contribution < 1.29 is 9.53 Å². The highest BCUT2D eigenvalue weighted by Crippen LogP contribution is 2.38.